The molecule has 0 radical (unpaired) electrons. The van der Waals surface area contributed by atoms with E-state index in [4.69, 9.17) is 10.5 Å². The zero-order chi connectivity index (χ0) is 14.1. The zero-order valence-electron chi connectivity index (χ0n) is 11.5. The predicted octanol–water partition coefficient (Wildman–Crippen LogP) is 4.45. The maximum absolute atomic E-state index is 6.46. The van der Waals surface area contributed by atoms with Gasteiger partial charge in [-0.3, -0.25) is 0 Å². The molecule has 2 aromatic rings. The highest BCUT2D eigenvalue weighted by atomic mass is 79.9. The highest BCUT2D eigenvalue weighted by Crippen LogP contribution is 2.37. The minimum absolute atomic E-state index is 0.0640. The summed E-state index contributed by atoms with van der Waals surface area (Å²) in [5.74, 6) is 0.846. The van der Waals surface area contributed by atoms with Gasteiger partial charge in [-0.25, -0.2) is 0 Å². The molecule has 1 aliphatic carbocycles. The van der Waals surface area contributed by atoms with Crippen LogP contribution in [0.25, 0.3) is 0 Å². The van der Waals surface area contributed by atoms with Crippen LogP contribution in [0.4, 0.5) is 0 Å². The molecule has 1 heterocycles. The lowest BCUT2D eigenvalue weighted by Crippen LogP contribution is -2.11. The summed E-state index contributed by atoms with van der Waals surface area (Å²) in [6.07, 6.45) is 5.05. The molecular formula is C16H18BrNOS. The molecule has 1 unspecified atom stereocenters. The van der Waals surface area contributed by atoms with E-state index in [0.717, 1.165) is 15.8 Å². The van der Waals surface area contributed by atoms with Gasteiger partial charge >= 0.3 is 0 Å². The maximum atomic E-state index is 6.46. The molecule has 4 heteroatoms. The maximum Gasteiger partial charge on any atom is 0.120 e. The lowest BCUT2D eigenvalue weighted by Gasteiger charge is -2.13. The SMILES string of the molecule is COc1ccc(C(N)c2cc3c(s2)CCCC3)c(Br)c1. The van der Waals surface area contributed by atoms with Gasteiger partial charge in [0.25, 0.3) is 0 Å². The topological polar surface area (TPSA) is 35.2 Å². The molecule has 0 saturated heterocycles. The van der Waals surface area contributed by atoms with Gasteiger partial charge in [0.2, 0.25) is 0 Å². The van der Waals surface area contributed by atoms with Crippen LogP contribution in [0.1, 0.15) is 39.8 Å². The van der Waals surface area contributed by atoms with Crippen LogP contribution in [-0.2, 0) is 12.8 Å². The Hall–Kier alpha value is -0.840. The van der Waals surface area contributed by atoms with Crippen molar-refractivity contribution in [2.75, 3.05) is 7.11 Å². The Labute approximate surface area is 132 Å². The first-order chi connectivity index (χ1) is 9.69. The van der Waals surface area contributed by atoms with Crippen molar-refractivity contribution in [2.24, 2.45) is 5.73 Å². The first-order valence-electron chi connectivity index (χ1n) is 6.89. The minimum atomic E-state index is -0.0640. The highest BCUT2D eigenvalue weighted by Gasteiger charge is 2.19. The quantitative estimate of drug-likeness (QED) is 0.886. The predicted molar refractivity (Wildman–Crippen MR) is 87.7 cm³/mol. The number of thiophene rings is 1. The molecule has 1 atom stereocenters. The fourth-order valence-corrected chi connectivity index (χ4v) is 4.59. The lowest BCUT2D eigenvalue weighted by atomic mass is 9.98. The first kappa shape index (κ1) is 14.1. The van der Waals surface area contributed by atoms with Gasteiger partial charge in [0.15, 0.2) is 0 Å². The number of aryl methyl sites for hydroxylation is 2. The lowest BCUT2D eigenvalue weighted by molar-refractivity contribution is 0.414. The van der Waals surface area contributed by atoms with Crippen LogP contribution in [0.15, 0.2) is 28.7 Å². The van der Waals surface area contributed by atoms with E-state index in [9.17, 15) is 0 Å². The van der Waals surface area contributed by atoms with E-state index in [2.05, 4.69) is 22.0 Å². The van der Waals surface area contributed by atoms with E-state index in [1.165, 1.54) is 41.0 Å². The van der Waals surface area contributed by atoms with Crippen molar-refractivity contribution in [3.63, 3.8) is 0 Å². The van der Waals surface area contributed by atoms with E-state index < -0.39 is 0 Å². The molecule has 1 aromatic heterocycles. The van der Waals surface area contributed by atoms with Crippen molar-refractivity contribution in [1.29, 1.82) is 0 Å². The average Bonchev–Trinajstić information content (AvgIpc) is 2.90. The third kappa shape index (κ3) is 2.65. The summed E-state index contributed by atoms with van der Waals surface area (Å²) >= 11 is 5.48. The Balaban J connectivity index is 1.92. The Bertz CT molecular complexity index is 599. The van der Waals surface area contributed by atoms with Crippen LogP contribution in [0.2, 0.25) is 0 Å². The number of methoxy groups -OCH3 is 1. The second-order valence-corrected chi connectivity index (χ2v) is 7.19. The zero-order valence-corrected chi connectivity index (χ0v) is 13.9. The largest absolute Gasteiger partial charge is 0.497 e. The van der Waals surface area contributed by atoms with E-state index in [1.807, 2.05) is 29.5 Å². The smallest absolute Gasteiger partial charge is 0.120 e. The summed E-state index contributed by atoms with van der Waals surface area (Å²) in [6, 6.07) is 8.23. The normalized spacial score (nSPS) is 15.8. The molecule has 20 heavy (non-hydrogen) atoms. The molecular weight excluding hydrogens is 334 g/mol. The number of fused-ring (bicyclic) bond motifs is 1. The molecule has 0 bridgehead atoms. The van der Waals surface area contributed by atoms with Gasteiger partial charge in [-0.05, 0) is 55.0 Å². The second-order valence-electron chi connectivity index (χ2n) is 5.17. The third-order valence-electron chi connectivity index (χ3n) is 3.86. The summed E-state index contributed by atoms with van der Waals surface area (Å²) in [6.45, 7) is 0. The molecule has 0 spiro atoms. The summed E-state index contributed by atoms with van der Waals surface area (Å²) in [7, 11) is 1.68. The molecule has 1 aromatic carbocycles. The fourth-order valence-electron chi connectivity index (χ4n) is 2.71. The molecule has 2 N–H and O–H groups in total. The van der Waals surface area contributed by atoms with Crippen molar-refractivity contribution in [3.05, 3.63) is 49.6 Å². The first-order valence-corrected chi connectivity index (χ1v) is 8.50. The van der Waals surface area contributed by atoms with Crippen LogP contribution >= 0.6 is 27.3 Å². The van der Waals surface area contributed by atoms with E-state index in [-0.39, 0.29) is 6.04 Å². The molecule has 106 valence electrons. The number of hydrogen-bond acceptors (Lipinski definition) is 3. The van der Waals surface area contributed by atoms with Crippen LogP contribution in [0.3, 0.4) is 0 Å². The monoisotopic (exact) mass is 351 g/mol. The number of nitrogens with two attached hydrogens (primary N) is 1. The Morgan fingerprint density at radius 1 is 1.25 bits per heavy atom. The number of halogens is 1. The van der Waals surface area contributed by atoms with Gasteiger partial charge in [-0.15, -0.1) is 11.3 Å². The minimum Gasteiger partial charge on any atom is -0.497 e. The number of hydrogen-bond donors (Lipinski definition) is 1. The Morgan fingerprint density at radius 3 is 2.75 bits per heavy atom. The van der Waals surface area contributed by atoms with Crippen molar-refractivity contribution < 1.29 is 4.74 Å². The summed E-state index contributed by atoms with van der Waals surface area (Å²) in [4.78, 5) is 2.80. The summed E-state index contributed by atoms with van der Waals surface area (Å²) in [5.41, 5.74) is 9.09. The fraction of sp³-hybridized carbons (Fsp3) is 0.375. The van der Waals surface area contributed by atoms with Crippen LogP contribution in [0, 0.1) is 0 Å². The van der Waals surface area contributed by atoms with Gasteiger partial charge in [0.1, 0.15) is 5.75 Å². The van der Waals surface area contributed by atoms with Crippen molar-refractivity contribution in [1.82, 2.24) is 0 Å². The molecule has 1 aliphatic rings. The number of ether oxygens (including phenoxy) is 1. The average molecular weight is 352 g/mol. The molecule has 0 fully saturated rings. The van der Waals surface area contributed by atoms with Crippen LogP contribution in [0.5, 0.6) is 5.75 Å². The summed E-state index contributed by atoms with van der Waals surface area (Å²) in [5, 5.41) is 0. The van der Waals surface area contributed by atoms with E-state index in [1.54, 1.807) is 7.11 Å². The third-order valence-corrected chi connectivity index (χ3v) is 5.87. The van der Waals surface area contributed by atoms with Crippen LogP contribution < -0.4 is 10.5 Å². The Kier molecular flexibility index (Phi) is 4.15. The second kappa shape index (κ2) is 5.88. The number of benzene rings is 1. The van der Waals surface area contributed by atoms with Gasteiger partial charge < -0.3 is 10.5 Å². The van der Waals surface area contributed by atoms with Crippen molar-refractivity contribution in [2.45, 2.75) is 31.7 Å². The van der Waals surface area contributed by atoms with E-state index in [0.29, 0.717) is 0 Å². The van der Waals surface area contributed by atoms with E-state index >= 15 is 0 Å². The molecule has 3 rings (SSSR count). The standard InChI is InChI=1S/C16H18BrNOS/c1-19-11-6-7-12(13(17)9-11)16(18)15-8-10-4-2-3-5-14(10)20-15/h6-9,16H,2-5,18H2,1H3. The Morgan fingerprint density at radius 2 is 2.05 bits per heavy atom. The summed E-state index contributed by atoms with van der Waals surface area (Å²) < 4.78 is 6.24. The van der Waals surface area contributed by atoms with Gasteiger partial charge in [0, 0.05) is 14.2 Å². The molecule has 0 aliphatic heterocycles. The van der Waals surface area contributed by atoms with Gasteiger partial charge in [-0.1, -0.05) is 22.0 Å². The van der Waals surface area contributed by atoms with Crippen molar-refractivity contribution in [3.8, 4) is 5.75 Å². The highest BCUT2D eigenvalue weighted by molar-refractivity contribution is 9.10. The van der Waals surface area contributed by atoms with Crippen LogP contribution in [-0.4, -0.2) is 7.11 Å². The van der Waals surface area contributed by atoms with Gasteiger partial charge in [-0.2, -0.15) is 0 Å². The molecule has 0 amide bonds. The molecule has 0 saturated carbocycles. The van der Waals surface area contributed by atoms with Gasteiger partial charge in [0.05, 0.1) is 13.2 Å². The van der Waals surface area contributed by atoms with Crippen molar-refractivity contribution >= 4 is 27.3 Å². The number of rotatable bonds is 3. The molecule has 2 nitrogen and oxygen atoms in total.